The minimum Gasteiger partial charge on any atom is -0.463 e. The second kappa shape index (κ2) is 14.9. The van der Waals surface area contributed by atoms with Gasteiger partial charge in [-0.15, -0.1) is 0 Å². The van der Waals surface area contributed by atoms with Crippen molar-refractivity contribution in [1.29, 1.82) is 0 Å². The van der Waals surface area contributed by atoms with Gasteiger partial charge in [-0.1, -0.05) is 70.2 Å². The van der Waals surface area contributed by atoms with Crippen molar-refractivity contribution in [2.75, 3.05) is 20.0 Å². The van der Waals surface area contributed by atoms with E-state index < -0.39 is 14.0 Å². The Kier molecular flexibility index (Phi) is 13.0. The van der Waals surface area contributed by atoms with E-state index in [0.29, 0.717) is 18.6 Å². The number of hydrogen-bond donors (Lipinski definition) is 0. The molecule has 33 heavy (non-hydrogen) atoms. The lowest BCUT2D eigenvalue weighted by atomic mass is 9.92. The second-order valence-electron chi connectivity index (χ2n) is 9.27. The van der Waals surface area contributed by atoms with E-state index in [9.17, 15) is 9.59 Å². The number of rotatable bonds is 15. The Labute approximate surface area is 201 Å². The largest absolute Gasteiger partial charge is 0.463 e. The number of hydrogen-bond acceptors (Lipinski definition) is 5. The van der Waals surface area contributed by atoms with Gasteiger partial charge in [-0.2, -0.15) is 0 Å². The van der Waals surface area contributed by atoms with Crippen LogP contribution in [0.1, 0.15) is 58.9 Å². The van der Waals surface area contributed by atoms with Gasteiger partial charge in [0.15, 0.2) is 12.6 Å². The Hall–Kier alpha value is -2.18. The Balaban J connectivity index is 3.31. The number of ether oxygens (including phenoxy) is 3. The fourth-order valence-corrected chi connectivity index (χ4v) is 4.05. The Morgan fingerprint density at radius 2 is 1.64 bits per heavy atom. The molecule has 0 aliphatic heterocycles. The van der Waals surface area contributed by atoms with Crippen LogP contribution in [-0.4, -0.2) is 39.8 Å². The van der Waals surface area contributed by atoms with Crippen LogP contribution in [0.4, 0.5) is 0 Å². The SMILES string of the molecule is CCCC/C(=C(/C)C(=O)/C(OCOCC[Si](C)(C)C)=C(\CC)C(=O)OCC)c1ccccc1. The molecule has 0 N–H and O–H groups in total. The summed E-state index contributed by atoms with van der Waals surface area (Å²) in [7, 11) is -1.24. The summed E-state index contributed by atoms with van der Waals surface area (Å²) in [5.41, 5.74) is 2.82. The van der Waals surface area contributed by atoms with E-state index in [4.69, 9.17) is 14.2 Å². The number of Topliss-reactive ketones (excluding diaryl/α,β-unsaturated/α-hetero) is 1. The lowest BCUT2D eigenvalue weighted by Gasteiger charge is -2.18. The molecule has 5 nitrogen and oxygen atoms in total. The molecule has 0 radical (unpaired) electrons. The highest BCUT2D eigenvalue weighted by Gasteiger charge is 2.26. The molecule has 0 atom stereocenters. The van der Waals surface area contributed by atoms with Gasteiger partial charge in [-0.3, -0.25) is 4.79 Å². The zero-order chi connectivity index (χ0) is 24.9. The van der Waals surface area contributed by atoms with Crippen LogP contribution in [-0.2, 0) is 23.8 Å². The molecule has 0 amide bonds. The average Bonchev–Trinajstić information content (AvgIpc) is 2.78. The second-order valence-corrected chi connectivity index (χ2v) is 14.9. The first kappa shape index (κ1) is 28.8. The Morgan fingerprint density at radius 3 is 2.18 bits per heavy atom. The third-order valence-electron chi connectivity index (χ3n) is 5.33. The standard InChI is InChI=1S/C27H42O5Si/c1-8-11-17-24(22-15-13-12-14-16-22)21(4)25(28)26(23(9-2)27(29)31-10-3)32-20-30-18-19-33(5,6)7/h12-16H,8-11,17-20H2,1-7H3/b24-21+,26-23-. The predicted octanol–water partition coefficient (Wildman–Crippen LogP) is 6.78. The highest BCUT2D eigenvalue weighted by molar-refractivity contribution is 6.76. The smallest absolute Gasteiger partial charge is 0.337 e. The van der Waals surface area contributed by atoms with Crippen molar-refractivity contribution in [1.82, 2.24) is 0 Å². The molecule has 1 aromatic carbocycles. The van der Waals surface area contributed by atoms with E-state index in [0.717, 1.165) is 36.4 Å². The van der Waals surface area contributed by atoms with Crippen molar-refractivity contribution in [2.45, 2.75) is 79.1 Å². The molecule has 0 unspecified atom stereocenters. The molecule has 0 bridgehead atoms. The van der Waals surface area contributed by atoms with E-state index in [1.54, 1.807) is 6.92 Å². The van der Waals surface area contributed by atoms with Gasteiger partial charge < -0.3 is 14.2 Å². The first-order chi connectivity index (χ1) is 15.7. The Morgan fingerprint density at radius 1 is 0.970 bits per heavy atom. The topological polar surface area (TPSA) is 61.8 Å². The number of unbranched alkanes of at least 4 members (excludes halogenated alkanes) is 1. The van der Waals surface area contributed by atoms with E-state index in [1.807, 2.05) is 44.2 Å². The number of esters is 1. The highest BCUT2D eigenvalue weighted by atomic mass is 28.3. The zero-order valence-electron chi connectivity index (χ0n) is 21.6. The molecular formula is C27H42O5Si. The van der Waals surface area contributed by atoms with Crippen LogP contribution >= 0.6 is 0 Å². The number of carbonyl (C=O) groups is 2. The van der Waals surface area contributed by atoms with E-state index in [1.165, 1.54) is 0 Å². The molecule has 0 aromatic heterocycles. The molecule has 0 heterocycles. The summed E-state index contributed by atoms with van der Waals surface area (Å²) in [6.07, 6.45) is 3.09. The molecule has 6 heteroatoms. The van der Waals surface area contributed by atoms with Gasteiger partial charge in [0.05, 0.1) is 12.2 Å². The van der Waals surface area contributed by atoms with Crippen LogP contribution < -0.4 is 0 Å². The van der Waals surface area contributed by atoms with Crippen molar-refractivity contribution in [3.05, 3.63) is 52.8 Å². The van der Waals surface area contributed by atoms with Crippen molar-refractivity contribution in [3.8, 4) is 0 Å². The monoisotopic (exact) mass is 474 g/mol. The molecule has 184 valence electrons. The molecule has 0 aliphatic carbocycles. The minimum absolute atomic E-state index is 0.0337. The number of allylic oxidation sites excluding steroid dienone is 2. The number of benzene rings is 1. The molecule has 0 saturated carbocycles. The molecule has 1 aromatic rings. The lowest BCUT2D eigenvalue weighted by Crippen LogP contribution is -2.23. The predicted molar refractivity (Wildman–Crippen MR) is 138 cm³/mol. The maximum absolute atomic E-state index is 13.7. The fourth-order valence-electron chi connectivity index (χ4n) is 3.29. The van der Waals surface area contributed by atoms with E-state index in [2.05, 4.69) is 26.6 Å². The van der Waals surface area contributed by atoms with Gasteiger partial charge in [-0.25, -0.2) is 4.79 Å². The van der Waals surface area contributed by atoms with Gasteiger partial charge in [0, 0.05) is 20.3 Å². The van der Waals surface area contributed by atoms with Crippen LogP contribution in [0, 0.1) is 0 Å². The van der Waals surface area contributed by atoms with Gasteiger partial charge >= 0.3 is 5.97 Å². The van der Waals surface area contributed by atoms with Crippen molar-refractivity contribution < 1.29 is 23.8 Å². The normalized spacial score (nSPS) is 13.2. The first-order valence-corrected chi connectivity index (χ1v) is 15.8. The Bertz CT molecular complexity index is 819. The van der Waals surface area contributed by atoms with E-state index in [-0.39, 0.29) is 30.5 Å². The fraction of sp³-hybridized carbons (Fsp3) is 0.556. The first-order valence-electron chi connectivity index (χ1n) is 12.1. The average molecular weight is 475 g/mol. The molecule has 1 rings (SSSR count). The molecule has 0 aliphatic rings. The summed E-state index contributed by atoms with van der Waals surface area (Å²) in [4.78, 5) is 26.3. The third kappa shape index (κ3) is 10.1. The highest BCUT2D eigenvalue weighted by Crippen LogP contribution is 2.28. The quantitative estimate of drug-likeness (QED) is 0.0700. The summed E-state index contributed by atoms with van der Waals surface area (Å²) in [6, 6.07) is 10.9. The van der Waals surface area contributed by atoms with Crippen molar-refractivity contribution in [3.63, 3.8) is 0 Å². The van der Waals surface area contributed by atoms with Crippen LogP contribution in [0.15, 0.2) is 47.2 Å². The summed E-state index contributed by atoms with van der Waals surface area (Å²) in [6.45, 7) is 15.1. The van der Waals surface area contributed by atoms with Gasteiger partial charge in [0.2, 0.25) is 5.78 Å². The van der Waals surface area contributed by atoms with Crippen LogP contribution in [0.3, 0.4) is 0 Å². The summed E-state index contributed by atoms with van der Waals surface area (Å²) >= 11 is 0. The van der Waals surface area contributed by atoms with Crippen LogP contribution in [0.5, 0.6) is 0 Å². The van der Waals surface area contributed by atoms with Gasteiger partial charge in [0.25, 0.3) is 0 Å². The summed E-state index contributed by atoms with van der Waals surface area (Å²) in [5.74, 6) is -0.775. The maximum atomic E-state index is 13.7. The maximum Gasteiger partial charge on any atom is 0.337 e. The van der Waals surface area contributed by atoms with E-state index >= 15 is 0 Å². The summed E-state index contributed by atoms with van der Waals surface area (Å²) < 4.78 is 16.7. The number of carbonyl (C=O) groups excluding carboxylic acids is 2. The molecule has 0 spiro atoms. The van der Waals surface area contributed by atoms with Crippen LogP contribution in [0.25, 0.3) is 5.57 Å². The third-order valence-corrected chi connectivity index (χ3v) is 7.04. The van der Waals surface area contributed by atoms with Crippen LogP contribution in [0.2, 0.25) is 25.7 Å². The lowest BCUT2D eigenvalue weighted by molar-refractivity contribution is -0.139. The molecule has 0 saturated heterocycles. The minimum atomic E-state index is -1.24. The van der Waals surface area contributed by atoms with Gasteiger partial charge in [-0.05, 0) is 50.3 Å². The van der Waals surface area contributed by atoms with Crippen molar-refractivity contribution in [2.24, 2.45) is 0 Å². The van der Waals surface area contributed by atoms with Gasteiger partial charge in [0.1, 0.15) is 0 Å². The molecular weight excluding hydrogens is 432 g/mol. The van der Waals surface area contributed by atoms with Crippen molar-refractivity contribution >= 4 is 25.4 Å². The summed E-state index contributed by atoms with van der Waals surface area (Å²) in [5, 5.41) is 0. The zero-order valence-corrected chi connectivity index (χ0v) is 22.6. The molecule has 0 fully saturated rings. The number of ketones is 1.